The van der Waals surface area contributed by atoms with E-state index >= 15 is 0 Å². The second kappa shape index (κ2) is 8.06. The van der Waals surface area contributed by atoms with Crippen LogP contribution in [0.15, 0.2) is 54.6 Å². The van der Waals surface area contributed by atoms with Gasteiger partial charge in [0, 0.05) is 13.6 Å². The number of nitrogens with one attached hydrogen (secondary N) is 1. The minimum atomic E-state index is -0.0384. The number of benzene rings is 2. The molecule has 2 amide bonds. The molecule has 1 unspecified atom stereocenters. The second-order valence-corrected chi connectivity index (χ2v) is 6.74. The number of urea groups is 1. The monoisotopic (exact) mass is 338 g/mol. The summed E-state index contributed by atoms with van der Waals surface area (Å²) in [4.78, 5) is 14.4. The predicted molar refractivity (Wildman–Crippen MR) is 99.5 cm³/mol. The highest BCUT2D eigenvalue weighted by atomic mass is 16.5. The van der Waals surface area contributed by atoms with Crippen molar-refractivity contribution < 1.29 is 9.53 Å². The van der Waals surface area contributed by atoms with Crippen LogP contribution in [0.4, 0.5) is 4.79 Å². The third kappa shape index (κ3) is 4.32. The van der Waals surface area contributed by atoms with Gasteiger partial charge in [0.25, 0.3) is 0 Å². The number of methoxy groups -OCH3 is 1. The average Bonchev–Trinajstić information content (AvgIpc) is 2.60. The maximum absolute atomic E-state index is 12.7. The Labute approximate surface area is 149 Å². The van der Waals surface area contributed by atoms with Gasteiger partial charge in [0.2, 0.25) is 0 Å². The topological polar surface area (TPSA) is 41.6 Å². The van der Waals surface area contributed by atoms with E-state index in [2.05, 4.69) is 17.4 Å². The van der Waals surface area contributed by atoms with Crippen molar-refractivity contribution in [1.29, 1.82) is 0 Å². The van der Waals surface area contributed by atoms with Crippen LogP contribution in [0, 0.1) is 5.92 Å². The molecule has 2 aromatic carbocycles. The van der Waals surface area contributed by atoms with E-state index in [9.17, 15) is 4.79 Å². The highest BCUT2D eigenvalue weighted by Gasteiger charge is 2.30. The second-order valence-electron chi connectivity index (χ2n) is 6.74. The Kier molecular flexibility index (Phi) is 5.59. The number of rotatable bonds is 6. The molecule has 1 atom stereocenters. The molecule has 1 fully saturated rings. The lowest BCUT2D eigenvalue weighted by atomic mass is 9.77. The zero-order valence-corrected chi connectivity index (χ0v) is 14.9. The molecule has 0 radical (unpaired) electrons. The lowest BCUT2D eigenvalue weighted by molar-refractivity contribution is 0.182. The fraction of sp³-hybridized carbons (Fsp3) is 0.381. The van der Waals surface area contributed by atoms with Gasteiger partial charge in [0.05, 0.1) is 13.2 Å². The summed E-state index contributed by atoms with van der Waals surface area (Å²) >= 11 is 0. The third-order valence-electron chi connectivity index (χ3n) is 4.96. The van der Waals surface area contributed by atoms with Crippen LogP contribution in [0.25, 0.3) is 0 Å². The molecule has 2 aromatic rings. The Morgan fingerprint density at radius 3 is 2.60 bits per heavy atom. The molecular formula is C21H26N2O2. The van der Waals surface area contributed by atoms with Crippen LogP contribution in [0.1, 0.15) is 36.4 Å². The van der Waals surface area contributed by atoms with Crippen LogP contribution in [0.3, 0.4) is 0 Å². The summed E-state index contributed by atoms with van der Waals surface area (Å²) in [6, 6.07) is 18.2. The molecule has 25 heavy (non-hydrogen) atoms. The molecule has 1 aliphatic rings. The molecule has 0 bridgehead atoms. The summed E-state index contributed by atoms with van der Waals surface area (Å²) in [5, 5.41) is 3.24. The Morgan fingerprint density at radius 2 is 1.96 bits per heavy atom. The number of amides is 2. The first kappa shape index (κ1) is 17.3. The number of carbonyl (C=O) groups excluding carboxylic acids is 1. The van der Waals surface area contributed by atoms with Gasteiger partial charge in [-0.2, -0.15) is 0 Å². The Hall–Kier alpha value is -2.49. The van der Waals surface area contributed by atoms with Crippen LogP contribution in [-0.4, -0.2) is 25.1 Å². The van der Waals surface area contributed by atoms with Gasteiger partial charge in [0.1, 0.15) is 5.75 Å². The van der Waals surface area contributed by atoms with Crippen LogP contribution in [0.2, 0.25) is 0 Å². The molecule has 0 heterocycles. The van der Waals surface area contributed by atoms with Crippen molar-refractivity contribution in [2.45, 2.75) is 31.8 Å². The maximum atomic E-state index is 12.7. The first-order valence-corrected chi connectivity index (χ1v) is 8.87. The van der Waals surface area contributed by atoms with Crippen molar-refractivity contribution in [3.8, 4) is 5.75 Å². The van der Waals surface area contributed by atoms with E-state index in [1.807, 2.05) is 49.5 Å². The number of nitrogens with zero attached hydrogens (tertiary/aromatic N) is 1. The Morgan fingerprint density at radius 1 is 1.20 bits per heavy atom. The van der Waals surface area contributed by atoms with Gasteiger partial charge in [-0.05, 0) is 42.0 Å². The summed E-state index contributed by atoms with van der Waals surface area (Å²) < 4.78 is 5.25. The van der Waals surface area contributed by atoms with Gasteiger partial charge >= 0.3 is 6.03 Å². The maximum Gasteiger partial charge on any atom is 0.317 e. The fourth-order valence-corrected chi connectivity index (χ4v) is 3.27. The van der Waals surface area contributed by atoms with Crippen molar-refractivity contribution >= 4 is 6.03 Å². The molecule has 1 aliphatic carbocycles. The highest BCUT2D eigenvalue weighted by Crippen LogP contribution is 2.37. The molecule has 0 aromatic heterocycles. The molecule has 0 saturated heterocycles. The van der Waals surface area contributed by atoms with Crippen LogP contribution < -0.4 is 10.1 Å². The summed E-state index contributed by atoms with van der Waals surface area (Å²) in [7, 11) is 3.48. The van der Waals surface area contributed by atoms with Crippen LogP contribution in [-0.2, 0) is 6.54 Å². The van der Waals surface area contributed by atoms with E-state index in [1.165, 1.54) is 24.8 Å². The first-order valence-electron chi connectivity index (χ1n) is 8.87. The quantitative estimate of drug-likeness (QED) is 0.849. The molecule has 0 aliphatic heterocycles. The van der Waals surface area contributed by atoms with Gasteiger partial charge in [0.15, 0.2) is 0 Å². The van der Waals surface area contributed by atoms with Gasteiger partial charge in [-0.3, -0.25) is 0 Å². The molecule has 3 rings (SSSR count). The van der Waals surface area contributed by atoms with Crippen molar-refractivity contribution in [2.75, 3.05) is 14.2 Å². The zero-order valence-electron chi connectivity index (χ0n) is 14.9. The van der Waals surface area contributed by atoms with E-state index in [0.29, 0.717) is 12.5 Å². The van der Waals surface area contributed by atoms with Crippen molar-refractivity contribution in [3.63, 3.8) is 0 Å². The SMILES string of the molecule is COc1cccc(CN(C)C(=O)NC(c2ccccc2)C2CCC2)c1. The van der Waals surface area contributed by atoms with Crippen molar-refractivity contribution in [2.24, 2.45) is 5.92 Å². The summed E-state index contributed by atoms with van der Waals surface area (Å²) in [6.45, 7) is 0.551. The smallest absolute Gasteiger partial charge is 0.317 e. The molecule has 0 spiro atoms. The van der Waals surface area contributed by atoms with Gasteiger partial charge in [-0.1, -0.05) is 48.9 Å². The van der Waals surface area contributed by atoms with Crippen molar-refractivity contribution in [3.05, 3.63) is 65.7 Å². The minimum Gasteiger partial charge on any atom is -0.497 e. The Balaban J connectivity index is 1.66. The Bertz CT molecular complexity index is 698. The summed E-state index contributed by atoms with van der Waals surface area (Å²) in [5.41, 5.74) is 2.24. The summed E-state index contributed by atoms with van der Waals surface area (Å²) in [5.74, 6) is 1.35. The standard InChI is InChI=1S/C21H26N2O2/c1-23(15-16-8-6-13-19(14-16)25-2)21(24)22-20(18-11-7-12-18)17-9-4-3-5-10-17/h3-6,8-10,13-14,18,20H,7,11-12,15H2,1-2H3,(H,22,24). The fourth-order valence-electron chi connectivity index (χ4n) is 3.27. The molecule has 4 nitrogen and oxygen atoms in total. The zero-order chi connectivity index (χ0) is 17.6. The summed E-state index contributed by atoms with van der Waals surface area (Å²) in [6.07, 6.45) is 3.61. The van der Waals surface area contributed by atoms with Crippen LogP contribution >= 0.6 is 0 Å². The number of hydrogen-bond acceptors (Lipinski definition) is 2. The van der Waals surface area contributed by atoms with Gasteiger partial charge in [-0.25, -0.2) is 4.79 Å². The minimum absolute atomic E-state index is 0.0384. The molecule has 1 N–H and O–H groups in total. The van der Waals surface area contributed by atoms with Crippen LogP contribution in [0.5, 0.6) is 5.75 Å². The van der Waals surface area contributed by atoms with E-state index in [4.69, 9.17) is 4.74 Å². The molecule has 132 valence electrons. The molecule has 4 heteroatoms. The normalized spacial score (nSPS) is 15.1. The highest BCUT2D eigenvalue weighted by molar-refractivity contribution is 5.74. The van der Waals surface area contributed by atoms with E-state index < -0.39 is 0 Å². The van der Waals surface area contributed by atoms with Gasteiger partial charge in [-0.15, -0.1) is 0 Å². The number of ether oxygens (including phenoxy) is 1. The van der Waals surface area contributed by atoms with Gasteiger partial charge < -0.3 is 15.0 Å². The largest absolute Gasteiger partial charge is 0.497 e. The lowest BCUT2D eigenvalue weighted by Crippen LogP contribution is -2.42. The predicted octanol–water partition coefficient (Wildman–Crippen LogP) is 4.38. The third-order valence-corrected chi connectivity index (χ3v) is 4.96. The molecule has 1 saturated carbocycles. The first-order chi connectivity index (χ1) is 12.2. The van der Waals surface area contributed by atoms with E-state index in [-0.39, 0.29) is 12.1 Å². The number of carbonyl (C=O) groups is 1. The van der Waals surface area contributed by atoms with E-state index in [0.717, 1.165) is 11.3 Å². The van der Waals surface area contributed by atoms with Crippen molar-refractivity contribution in [1.82, 2.24) is 10.2 Å². The average molecular weight is 338 g/mol. The number of hydrogen-bond donors (Lipinski definition) is 1. The molecular weight excluding hydrogens is 312 g/mol. The van der Waals surface area contributed by atoms with E-state index in [1.54, 1.807) is 12.0 Å². The lowest BCUT2D eigenvalue weighted by Gasteiger charge is -2.35.